The van der Waals surface area contributed by atoms with Crippen molar-refractivity contribution < 1.29 is 9.53 Å². The molecule has 1 heterocycles. The van der Waals surface area contributed by atoms with Gasteiger partial charge >= 0.3 is 0 Å². The zero-order valence-corrected chi connectivity index (χ0v) is 14.8. The number of hydrazine groups is 1. The first-order chi connectivity index (χ1) is 11.7. The van der Waals surface area contributed by atoms with Crippen LogP contribution in [0.15, 0.2) is 24.3 Å². The quantitative estimate of drug-likeness (QED) is 0.316. The molecule has 1 aromatic rings. The minimum atomic E-state index is -0.0366. The highest BCUT2D eigenvalue weighted by Crippen LogP contribution is 2.24. The van der Waals surface area contributed by atoms with Gasteiger partial charge in [-0.15, -0.1) is 0 Å². The number of ether oxygens (including phenoxy) is 1. The Hall–Kier alpha value is -1.59. The topological polar surface area (TPSA) is 67.6 Å². The molecule has 0 aliphatic carbocycles. The molecule has 0 aromatic heterocycles. The van der Waals surface area contributed by atoms with Crippen molar-refractivity contribution in [1.29, 1.82) is 0 Å². The SMILES string of the molecule is CCCCCCOc1ccccc1CN1CCC(C(=O)NN)CC1. The number of hydrogen-bond donors (Lipinski definition) is 2. The number of benzene rings is 1. The minimum Gasteiger partial charge on any atom is -0.493 e. The summed E-state index contributed by atoms with van der Waals surface area (Å²) in [7, 11) is 0. The zero-order valence-electron chi connectivity index (χ0n) is 14.8. The normalized spacial score (nSPS) is 16.1. The van der Waals surface area contributed by atoms with Gasteiger partial charge in [-0.05, 0) is 38.4 Å². The molecular weight excluding hydrogens is 302 g/mol. The molecular formula is C19H31N3O2. The lowest BCUT2D eigenvalue weighted by atomic mass is 9.96. The van der Waals surface area contributed by atoms with E-state index in [0.717, 1.165) is 51.3 Å². The Kier molecular flexibility index (Phi) is 8.05. The van der Waals surface area contributed by atoms with E-state index < -0.39 is 0 Å². The molecule has 1 amide bonds. The maximum atomic E-state index is 11.6. The second-order valence-electron chi connectivity index (χ2n) is 6.58. The van der Waals surface area contributed by atoms with Gasteiger partial charge in [0.1, 0.15) is 5.75 Å². The summed E-state index contributed by atoms with van der Waals surface area (Å²) in [6.07, 6.45) is 6.59. The number of nitrogens with zero attached hydrogens (tertiary/aromatic N) is 1. The molecule has 3 N–H and O–H groups in total. The number of rotatable bonds is 9. The highest BCUT2D eigenvalue weighted by molar-refractivity contribution is 5.78. The number of likely N-dealkylation sites (tertiary alicyclic amines) is 1. The van der Waals surface area contributed by atoms with Crippen molar-refractivity contribution in [2.24, 2.45) is 11.8 Å². The molecule has 5 heteroatoms. The predicted octanol–water partition coefficient (Wildman–Crippen LogP) is 2.85. The zero-order chi connectivity index (χ0) is 17.2. The summed E-state index contributed by atoms with van der Waals surface area (Å²) in [6.45, 7) is 5.72. The standard InChI is InChI=1S/C19H31N3O2/c1-2-3-4-7-14-24-18-9-6-5-8-17(18)15-22-12-10-16(11-13-22)19(23)21-20/h5-6,8-9,16H,2-4,7,10-15,20H2,1H3,(H,21,23). The van der Waals surface area contributed by atoms with Gasteiger partial charge in [0.25, 0.3) is 0 Å². The highest BCUT2D eigenvalue weighted by Gasteiger charge is 2.24. The first-order valence-corrected chi connectivity index (χ1v) is 9.18. The number of para-hydroxylation sites is 1. The lowest BCUT2D eigenvalue weighted by molar-refractivity contribution is -0.126. The lowest BCUT2D eigenvalue weighted by Gasteiger charge is -2.31. The smallest absolute Gasteiger partial charge is 0.237 e. The molecule has 0 atom stereocenters. The largest absolute Gasteiger partial charge is 0.493 e. The Labute approximate surface area is 145 Å². The average molecular weight is 333 g/mol. The number of amides is 1. The third-order valence-corrected chi connectivity index (χ3v) is 4.72. The van der Waals surface area contributed by atoms with Gasteiger partial charge in [0.15, 0.2) is 0 Å². The van der Waals surface area contributed by atoms with E-state index in [0.29, 0.717) is 0 Å². The lowest BCUT2D eigenvalue weighted by Crippen LogP contribution is -2.42. The summed E-state index contributed by atoms with van der Waals surface area (Å²) in [4.78, 5) is 14.0. The summed E-state index contributed by atoms with van der Waals surface area (Å²) in [5.74, 6) is 6.24. The summed E-state index contributed by atoms with van der Waals surface area (Å²) in [6, 6.07) is 8.29. The Bertz CT molecular complexity index is 499. The van der Waals surface area contributed by atoms with Gasteiger partial charge in [-0.1, -0.05) is 44.4 Å². The number of piperidine rings is 1. The van der Waals surface area contributed by atoms with Crippen LogP contribution >= 0.6 is 0 Å². The van der Waals surface area contributed by atoms with Gasteiger partial charge in [-0.25, -0.2) is 5.84 Å². The van der Waals surface area contributed by atoms with Crippen molar-refractivity contribution in [1.82, 2.24) is 10.3 Å². The average Bonchev–Trinajstić information content (AvgIpc) is 2.63. The third-order valence-electron chi connectivity index (χ3n) is 4.72. The number of carbonyl (C=O) groups is 1. The van der Waals surface area contributed by atoms with Gasteiger partial charge in [0.05, 0.1) is 6.61 Å². The van der Waals surface area contributed by atoms with E-state index in [9.17, 15) is 4.79 Å². The van der Waals surface area contributed by atoms with Gasteiger partial charge in [-0.2, -0.15) is 0 Å². The second-order valence-corrected chi connectivity index (χ2v) is 6.58. The van der Waals surface area contributed by atoms with Crippen molar-refractivity contribution in [2.45, 2.75) is 52.0 Å². The molecule has 24 heavy (non-hydrogen) atoms. The molecule has 134 valence electrons. The molecule has 5 nitrogen and oxygen atoms in total. The molecule has 0 unspecified atom stereocenters. The number of unbranched alkanes of at least 4 members (excludes halogenated alkanes) is 3. The van der Waals surface area contributed by atoms with Crippen LogP contribution < -0.4 is 16.0 Å². The van der Waals surface area contributed by atoms with Crippen LogP contribution in [0.25, 0.3) is 0 Å². The molecule has 0 spiro atoms. The molecule has 2 rings (SSSR count). The first-order valence-electron chi connectivity index (χ1n) is 9.18. The van der Waals surface area contributed by atoms with Crippen molar-refractivity contribution in [2.75, 3.05) is 19.7 Å². The second kappa shape index (κ2) is 10.3. The molecule has 1 saturated heterocycles. The predicted molar refractivity (Wildman–Crippen MR) is 96.4 cm³/mol. The maximum absolute atomic E-state index is 11.6. The summed E-state index contributed by atoms with van der Waals surface area (Å²) in [5.41, 5.74) is 3.50. The van der Waals surface area contributed by atoms with Crippen LogP contribution in [0.5, 0.6) is 5.75 Å². The van der Waals surface area contributed by atoms with E-state index in [1.165, 1.54) is 24.8 Å². The Morgan fingerprint density at radius 3 is 2.71 bits per heavy atom. The monoisotopic (exact) mass is 333 g/mol. The van der Waals surface area contributed by atoms with Gasteiger partial charge < -0.3 is 4.74 Å². The minimum absolute atomic E-state index is 0.0366. The summed E-state index contributed by atoms with van der Waals surface area (Å²) in [5, 5.41) is 0. The summed E-state index contributed by atoms with van der Waals surface area (Å²) >= 11 is 0. The Morgan fingerprint density at radius 1 is 1.25 bits per heavy atom. The fourth-order valence-corrected chi connectivity index (χ4v) is 3.20. The maximum Gasteiger partial charge on any atom is 0.237 e. The van der Waals surface area contributed by atoms with Gasteiger partial charge in [0, 0.05) is 18.0 Å². The van der Waals surface area contributed by atoms with Crippen LogP contribution in [-0.4, -0.2) is 30.5 Å². The fraction of sp³-hybridized carbons (Fsp3) is 0.632. The Morgan fingerprint density at radius 2 is 2.00 bits per heavy atom. The Balaban J connectivity index is 1.81. The van der Waals surface area contributed by atoms with Crippen molar-refractivity contribution >= 4 is 5.91 Å². The van der Waals surface area contributed by atoms with Crippen LogP contribution in [-0.2, 0) is 11.3 Å². The van der Waals surface area contributed by atoms with Crippen molar-refractivity contribution in [3.8, 4) is 5.75 Å². The van der Waals surface area contributed by atoms with Gasteiger partial charge in [0.2, 0.25) is 5.91 Å². The number of nitrogens with two attached hydrogens (primary N) is 1. The third kappa shape index (κ3) is 5.80. The van der Waals surface area contributed by atoms with Crippen LogP contribution in [0.1, 0.15) is 51.0 Å². The number of nitrogens with one attached hydrogen (secondary N) is 1. The van der Waals surface area contributed by atoms with E-state index >= 15 is 0 Å². The molecule has 1 aromatic carbocycles. The fourth-order valence-electron chi connectivity index (χ4n) is 3.20. The van der Waals surface area contributed by atoms with Crippen molar-refractivity contribution in [3.05, 3.63) is 29.8 Å². The van der Waals surface area contributed by atoms with E-state index in [2.05, 4.69) is 35.4 Å². The molecule has 1 aliphatic heterocycles. The number of carbonyl (C=O) groups excluding carboxylic acids is 1. The van der Waals surface area contributed by atoms with Crippen LogP contribution in [0, 0.1) is 5.92 Å². The first kappa shape index (κ1) is 18.7. The molecule has 0 saturated carbocycles. The van der Waals surface area contributed by atoms with Crippen LogP contribution in [0.3, 0.4) is 0 Å². The van der Waals surface area contributed by atoms with E-state index in [1.807, 2.05) is 6.07 Å². The molecule has 1 fully saturated rings. The molecule has 1 aliphatic rings. The van der Waals surface area contributed by atoms with Crippen LogP contribution in [0.4, 0.5) is 0 Å². The van der Waals surface area contributed by atoms with Crippen molar-refractivity contribution in [3.63, 3.8) is 0 Å². The van der Waals surface area contributed by atoms with E-state index in [-0.39, 0.29) is 11.8 Å². The highest BCUT2D eigenvalue weighted by atomic mass is 16.5. The van der Waals surface area contributed by atoms with E-state index in [1.54, 1.807) is 0 Å². The molecule has 0 bridgehead atoms. The van der Waals surface area contributed by atoms with Gasteiger partial charge in [-0.3, -0.25) is 15.1 Å². The van der Waals surface area contributed by atoms with E-state index in [4.69, 9.17) is 10.6 Å². The van der Waals surface area contributed by atoms with Crippen LogP contribution in [0.2, 0.25) is 0 Å². The number of hydrogen-bond acceptors (Lipinski definition) is 4. The summed E-state index contributed by atoms with van der Waals surface area (Å²) < 4.78 is 5.99. The molecule has 0 radical (unpaired) electrons.